The first-order chi connectivity index (χ1) is 15.9. The average Bonchev–Trinajstić information content (AvgIpc) is 3.41. The summed E-state index contributed by atoms with van der Waals surface area (Å²) in [5.41, 5.74) is 2.38. The molecule has 0 saturated carbocycles. The van der Waals surface area contributed by atoms with Crippen LogP contribution in [0.4, 0.5) is 5.13 Å². The Labute approximate surface area is 197 Å². The third-order valence-electron chi connectivity index (χ3n) is 5.27. The normalized spacial score (nSPS) is 18.8. The van der Waals surface area contributed by atoms with Crippen molar-refractivity contribution in [3.8, 4) is 11.5 Å². The van der Waals surface area contributed by atoms with Gasteiger partial charge in [-0.25, -0.2) is 4.98 Å². The molecule has 0 bridgehead atoms. The molecular weight excluding hydrogens is 440 g/mol. The maximum Gasteiger partial charge on any atom is 0.257 e. The largest absolute Gasteiger partial charge is 0.458 e. The van der Waals surface area contributed by atoms with Crippen LogP contribution in [0.2, 0.25) is 0 Å². The topological polar surface area (TPSA) is 96.7 Å². The summed E-state index contributed by atoms with van der Waals surface area (Å²) in [5, 5.41) is 7.86. The van der Waals surface area contributed by atoms with E-state index in [1.807, 2.05) is 29.6 Å². The van der Waals surface area contributed by atoms with Crippen molar-refractivity contribution in [2.24, 2.45) is 0 Å². The average molecular weight is 469 g/mol. The molecule has 3 aromatic rings. The first kappa shape index (κ1) is 23.2. The number of furan rings is 1. The van der Waals surface area contributed by atoms with Crippen molar-refractivity contribution in [2.45, 2.75) is 46.1 Å². The number of morpholine rings is 1. The molecule has 9 heteroatoms. The van der Waals surface area contributed by atoms with Crippen LogP contribution in [0.15, 0.2) is 46.2 Å². The summed E-state index contributed by atoms with van der Waals surface area (Å²) in [7, 11) is 0. The van der Waals surface area contributed by atoms with Gasteiger partial charge in [0.25, 0.3) is 5.91 Å². The molecule has 2 atom stereocenters. The van der Waals surface area contributed by atoms with Gasteiger partial charge in [-0.1, -0.05) is 12.1 Å². The molecule has 2 aromatic heterocycles. The minimum absolute atomic E-state index is 0.120. The van der Waals surface area contributed by atoms with Crippen molar-refractivity contribution >= 4 is 28.3 Å². The van der Waals surface area contributed by atoms with E-state index in [4.69, 9.17) is 9.15 Å². The predicted molar refractivity (Wildman–Crippen MR) is 127 cm³/mol. The van der Waals surface area contributed by atoms with Gasteiger partial charge in [0.05, 0.1) is 18.8 Å². The third kappa shape index (κ3) is 6.28. The van der Waals surface area contributed by atoms with Crippen molar-refractivity contribution in [3.05, 3.63) is 58.7 Å². The second-order valence-electron chi connectivity index (χ2n) is 8.32. The molecule has 2 unspecified atom stereocenters. The van der Waals surface area contributed by atoms with E-state index in [9.17, 15) is 9.59 Å². The summed E-state index contributed by atoms with van der Waals surface area (Å²) >= 11 is 1.33. The van der Waals surface area contributed by atoms with Crippen LogP contribution in [0, 0.1) is 0 Å². The highest BCUT2D eigenvalue weighted by molar-refractivity contribution is 7.14. The molecule has 1 aromatic carbocycles. The monoisotopic (exact) mass is 468 g/mol. The number of thiazole rings is 1. The Morgan fingerprint density at radius 1 is 1.12 bits per heavy atom. The van der Waals surface area contributed by atoms with Crippen LogP contribution in [-0.4, -0.2) is 47.0 Å². The lowest BCUT2D eigenvalue weighted by molar-refractivity contribution is -0.119. The fourth-order valence-corrected chi connectivity index (χ4v) is 4.56. The Kier molecular flexibility index (Phi) is 7.22. The Balaban J connectivity index is 1.33. The molecule has 4 rings (SSSR count). The lowest BCUT2D eigenvalue weighted by Gasteiger charge is -2.35. The van der Waals surface area contributed by atoms with E-state index >= 15 is 0 Å². The summed E-state index contributed by atoms with van der Waals surface area (Å²) in [6, 6.07) is 11.3. The molecule has 174 valence electrons. The zero-order chi connectivity index (χ0) is 23.4. The summed E-state index contributed by atoms with van der Waals surface area (Å²) in [5.74, 6) is 0.898. The number of ether oxygens (including phenoxy) is 1. The Hall–Kier alpha value is -3.01. The number of carbonyl (C=O) groups excluding carboxylic acids is 2. The summed E-state index contributed by atoms with van der Waals surface area (Å²) < 4.78 is 11.5. The lowest BCUT2D eigenvalue weighted by Crippen LogP contribution is -2.44. The number of anilines is 1. The fraction of sp³-hybridized carbons (Fsp3) is 0.375. The number of nitrogens with zero attached hydrogens (tertiary/aromatic N) is 2. The first-order valence-corrected chi connectivity index (χ1v) is 11.8. The van der Waals surface area contributed by atoms with E-state index < -0.39 is 0 Å². The van der Waals surface area contributed by atoms with Gasteiger partial charge in [-0.05, 0) is 43.7 Å². The number of hydrogen-bond donors (Lipinski definition) is 2. The van der Waals surface area contributed by atoms with Crippen LogP contribution in [0.1, 0.15) is 42.5 Å². The maximum atomic E-state index is 12.7. The predicted octanol–water partition coefficient (Wildman–Crippen LogP) is 3.90. The second-order valence-corrected chi connectivity index (χ2v) is 9.17. The van der Waals surface area contributed by atoms with Crippen molar-refractivity contribution in [1.29, 1.82) is 0 Å². The zero-order valence-electron chi connectivity index (χ0n) is 19.0. The highest BCUT2D eigenvalue weighted by Crippen LogP contribution is 2.27. The van der Waals surface area contributed by atoms with Crippen molar-refractivity contribution in [1.82, 2.24) is 15.2 Å². The van der Waals surface area contributed by atoms with E-state index in [1.165, 1.54) is 18.3 Å². The Bertz CT molecular complexity index is 1100. The van der Waals surface area contributed by atoms with Crippen LogP contribution >= 0.6 is 11.3 Å². The molecule has 3 heterocycles. The quantitative estimate of drug-likeness (QED) is 0.546. The minimum Gasteiger partial charge on any atom is -0.458 e. The van der Waals surface area contributed by atoms with Crippen LogP contribution < -0.4 is 10.6 Å². The molecule has 0 radical (unpaired) electrons. The number of benzene rings is 1. The molecule has 1 saturated heterocycles. The molecular formula is C24H28N4O4S. The summed E-state index contributed by atoms with van der Waals surface area (Å²) in [6.45, 7) is 8.61. The highest BCUT2D eigenvalue weighted by Gasteiger charge is 2.22. The Morgan fingerprint density at radius 2 is 1.85 bits per heavy atom. The minimum atomic E-state index is -0.207. The summed E-state index contributed by atoms with van der Waals surface area (Å²) in [4.78, 5) is 30.5. The van der Waals surface area contributed by atoms with Gasteiger partial charge in [0.15, 0.2) is 10.9 Å². The van der Waals surface area contributed by atoms with Crippen LogP contribution in [-0.2, 0) is 22.6 Å². The molecule has 0 aliphatic carbocycles. The van der Waals surface area contributed by atoms with Gasteiger partial charge >= 0.3 is 0 Å². The van der Waals surface area contributed by atoms with E-state index in [0.717, 1.165) is 25.2 Å². The third-order valence-corrected chi connectivity index (χ3v) is 6.03. The number of rotatable bonds is 7. The van der Waals surface area contributed by atoms with E-state index in [-0.39, 0.29) is 24.0 Å². The number of amides is 2. The standard InChI is InChI=1S/C24H28N4O4S/c1-15-11-28(12-16(2)31-15)13-18-4-6-19(7-5-18)23(30)27-24-26-21(14-33-24)22-9-8-20(32-22)10-25-17(3)29/h4-9,14-16H,10-13H2,1-3H3,(H,25,29)(H,26,27,30). The molecule has 8 nitrogen and oxygen atoms in total. The van der Waals surface area contributed by atoms with Crippen molar-refractivity contribution in [2.75, 3.05) is 18.4 Å². The number of carbonyl (C=O) groups is 2. The molecule has 2 amide bonds. The molecule has 33 heavy (non-hydrogen) atoms. The highest BCUT2D eigenvalue weighted by atomic mass is 32.1. The van der Waals surface area contributed by atoms with Gasteiger partial charge in [-0.15, -0.1) is 11.3 Å². The fourth-order valence-electron chi connectivity index (χ4n) is 3.87. The second kappa shape index (κ2) is 10.3. The molecule has 1 aliphatic heterocycles. The first-order valence-electron chi connectivity index (χ1n) is 10.9. The van der Waals surface area contributed by atoms with Crippen molar-refractivity contribution < 1.29 is 18.7 Å². The SMILES string of the molecule is CC(=O)NCc1ccc(-c2csc(NC(=O)c3ccc(CN4CC(C)OC(C)C4)cc3)n2)o1. The van der Waals surface area contributed by atoms with Crippen LogP contribution in [0.5, 0.6) is 0 Å². The molecule has 1 fully saturated rings. The van der Waals surface area contributed by atoms with E-state index in [0.29, 0.717) is 34.5 Å². The van der Waals surface area contributed by atoms with E-state index in [2.05, 4.69) is 34.4 Å². The number of aromatic nitrogens is 1. The van der Waals surface area contributed by atoms with Gasteiger partial charge < -0.3 is 14.5 Å². The molecule has 0 spiro atoms. The smallest absolute Gasteiger partial charge is 0.257 e. The molecule has 2 N–H and O–H groups in total. The van der Waals surface area contributed by atoms with Crippen LogP contribution in [0.25, 0.3) is 11.5 Å². The van der Waals surface area contributed by atoms with Crippen molar-refractivity contribution in [3.63, 3.8) is 0 Å². The zero-order valence-corrected chi connectivity index (χ0v) is 19.8. The molecule has 1 aliphatic rings. The maximum absolute atomic E-state index is 12.7. The van der Waals surface area contributed by atoms with Crippen LogP contribution in [0.3, 0.4) is 0 Å². The Morgan fingerprint density at radius 3 is 2.55 bits per heavy atom. The van der Waals surface area contributed by atoms with Gasteiger partial charge in [0, 0.05) is 37.5 Å². The van der Waals surface area contributed by atoms with Gasteiger partial charge in [0.1, 0.15) is 11.5 Å². The summed E-state index contributed by atoms with van der Waals surface area (Å²) in [6.07, 6.45) is 0.457. The lowest BCUT2D eigenvalue weighted by atomic mass is 10.1. The van der Waals surface area contributed by atoms with Gasteiger partial charge in [0.2, 0.25) is 5.91 Å². The van der Waals surface area contributed by atoms with E-state index in [1.54, 1.807) is 12.1 Å². The number of hydrogen-bond acceptors (Lipinski definition) is 7. The van der Waals surface area contributed by atoms with Gasteiger partial charge in [-0.3, -0.25) is 19.8 Å². The number of nitrogens with one attached hydrogen (secondary N) is 2. The van der Waals surface area contributed by atoms with Gasteiger partial charge in [-0.2, -0.15) is 0 Å².